The van der Waals surface area contributed by atoms with Crippen LogP contribution < -0.4 is 5.32 Å². The predicted molar refractivity (Wildman–Crippen MR) is 73.5 cm³/mol. The van der Waals surface area contributed by atoms with Crippen molar-refractivity contribution in [2.24, 2.45) is 5.92 Å². The van der Waals surface area contributed by atoms with Gasteiger partial charge in [-0.3, -0.25) is 4.79 Å². The summed E-state index contributed by atoms with van der Waals surface area (Å²) >= 11 is 0. The molecule has 4 nitrogen and oxygen atoms in total. The molecule has 0 aromatic carbocycles. The van der Waals surface area contributed by atoms with Gasteiger partial charge in [-0.05, 0) is 46.7 Å². The Labute approximate surface area is 111 Å². The van der Waals surface area contributed by atoms with Gasteiger partial charge in [-0.15, -0.1) is 0 Å². The lowest BCUT2D eigenvalue weighted by Crippen LogP contribution is -2.42. The number of hydrogen-bond acceptors (Lipinski definition) is 4. The van der Waals surface area contributed by atoms with Crippen molar-refractivity contribution in [2.45, 2.75) is 51.6 Å². The van der Waals surface area contributed by atoms with Crippen molar-refractivity contribution >= 4 is 5.97 Å². The van der Waals surface area contributed by atoms with E-state index in [9.17, 15) is 4.79 Å². The molecule has 0 heterocycles. The molecule has 0 amide bonds. The van der Waals surface area contributed by atoms with Crippen molar-refractivity contribution < 1.29 is 9.53 Å². The number of nitrogens with one attached hydrogen (secondary N) is 1. The van der Waals surface area contributed by atoms with Gasteiger partial charge in [0.05, 0.1) is 12.5 Å². The Morgan fingerprint density at radius 2 is 2.00 bits per heavy atom. The molecule has 0 radical (unpaired) electrons. The molecule has 4 heteroatoms. The SMILES string of the molecule is CCOC(=O)C(C)CN(C)C1CCC(NC)CC1. The standard InChI is InChI=1S/C14H28N2O2/c1-5-18-14(17)11(2)10-16(4)13-8-6-12(15-3)7-9-13/h11-13,15H,5-10H2,1-4H3. The third kappa shape index (κ3) is 4.58. The average molecular weight is 256 g/mol. The van der Waals surface area contributed by atoms with Gasteiger partial charge in [-0.2, -0.15) is 0 Å². The zero-order valence-electron chi connectivity index (χ0n) is 12.2. The molecular weight excluding hydrogens is 228 g/mol. The highest BCUT2D eigenvalue weighted by molar-refractivity contribution is 5.72. The summed E-state index contributed by atoms with van der Waals surface area (Å²) in [6.07, 6.45) is 4.91. The van der Waals surface area contributed by atoms with Crippen LogP contribution in [-0.4, -0.2) is 50.2 Å². The van der Waals surface area contributed by atoms with Crippen LogP contribution in [-0.2, 0) is 9.53 Å². The van der Waals surface area contributed by atoms with Crippen LogP contribution >= 0.6 is 0 Å². The first-order chi connectivity index (χ1) is 8.58. The Hall–Kier alpha value is -0.610. The molecule has 1 unspecified atom stereocenters. The van der Waals surface area contributed by atoms with Gasteiger partial charge in [-0.1, -0.05) is 6.92 Å². The van der Waals surface area contributed by atoms with Crippen molar-refractivity contribution in [1.29, 1.82) is 0 Å². The van der Waals surface area contributed by atoms with Gasteiger partial charge < -0.3 is 15.0 Å². The zero-order valence-corrected chi connectivity index (χ0v) is 12.2. The van der Waals surface area contributed by atoms with E-state index >= 15 is 0 Å². The predicted octanol–water partition coefficient (Wildman–Crippen LogP) is 1.65. The summed E-state index contributed by atoms with van der Waals surface area (Å²) in [5, 5.41) is 3.35. The highest BCUT2D eigenvalue weighted by Crippen LogP contribution is 2.22. The minimum absolute atomic E-state index is 0.0306. The molecule has 0 aliphatic heterocycles. The largest absolute Gasteiger partial charge is 0.466 e. The Bertz CT molecular complexity index is 250. The van der Waals surface area contributed by atoms with Crippen molar-refractivity contribution in [2.75, 3.05) is 27.2 Å². The molecule has 1 aliphatic rings. The quantitative estimate of drug-likeness (QED) is 0.734. The van der Waals surface area contributed by atoms with Crippen LogP contribution in [0.15, 0.2) is 0 Å². The first-order valence-corrected chi connectivity index (χ1v) is 7.12. The lowest BCUT2D eigenvalue weighted by Gasteiger charge is -2.35. The third-order valence-corrected chi connectivity index (χ3v) is 3.98. The smallest absolute Gasteiger partial charge is 0.309 e. The van der Waals surface area contributed by atoms with Crippen LogP contribution in [0.25, 0.3) is 0 Å². The molecule has 0 spiro atoms. The molecule has 0 saturated heterocycles. The summed E-state index contributed by atoms with van der Waals surface area (Å²) in [6.45, 7) is 5.08. The summed E-state index contributed by atoms with van der Waals surface area (Å²) in [5.74, 6) is -0.106. The molecule has 0 aromatic rings. The first-order valence-electron chi connectivity index (χ1n) is 7.12. The average Bonchev–Trinajstić information content (AvgIpc) is 2.39. The number of carbonyl (C=O) groups is 1. The van der Waals surface area contributed by atoms with Gasteiger partial charge >= 0.3 is 5.97 Å². The molecule has 0 aromatic heterocycles. The van der Waals surface area contributed by atoms with E-state index in [1.165, 1.54) is 25.7 Å². The molecule has 1 N–H and O–H groups in total. The molecule has 106 valence electrons. The Balaban J connectivity index is 2.32. The van der Waals surface area contributed by atoms with E-state index < -0.39 is 0 Å². The second-order valence-electron chi connectivity index (χ2n) is 5.39. The van der Waals surface area contributed by atoms with E-state index in [0.29, 0.717) is 18.7 Å². The number of rotatable bonds is 6. The van der Waals surface area contributed by atoms with Crippen LogP contribution in [0.3, 0.4) is 0 Å². The number of carbonyl (C=O) groups excluding carboxylic acids is 1. The summed E-state index contributed by atoms with van der Waals surface area (Å²) in [6, 6.07) is 1.30. The van der Waals surface area contributed by atoms with Crippen molar-refractivity contribution in [3.8, 4) is 0 Å². The van der Waals surface area contributed by atoms with Crippen LogP contribution in [0.2, 0.25) is 0 Å². The lowest BCUT2D eigenvalue weighted by molar-refractivity contribution is -0.148. The van der Waals surface area contributed by atoms with E-state index in [2.05, 4.69) is 17.3 Å². The van der Waals surface area contributed by atoms with E-state index in [1.807, 2.05) is 20.9 Å². The first kappa shape index (κ1) is 15.4. The maximum atomic E-state index is 11.6. The molecular formula is C14H28N2O2. The summed E-state index contributed by atoms with van der Waals surface area (Å²) in [7, 11) is 4.16. The third-order valence-electron chi connectivity index (χ3n) is 3.98. The monoisotopic (exact) mass is 256 g/mol. The lowest BCUT2D eigenvalue weighted by atomic mass is 9.90. The second kappa shape index (κ2) is 7.74. The molecule has 0 bridgehead atoms. The maximum absolute atomic E-state index is 11.6. The van der Waals surface area contributed by atoms with Crippen molar-refractivity contribution in [3.05, 3.63) is 0 Å². The Morgan fingerprint density at radius 1 is 1.39 bits per heavy atom. The normalized spacial score (nSPS) is 26.1. The fourth-order valence-corrected chi connectivity index (χ4v) is 2.75. The van der Waals surface area contributed by atoms with Gasteiger partial charge in [0, 0.05) is 18.6 Å². The van der Waals surface area contributed by atoms with Gasteiger partial charge in [0.15, 0.2) is 0 Å². The van der Waals surface area contributed by atoms with Gasteiger partial charge in [0.1, 0.15) is 0 Å². The van der Waals surface area contributed by atoms with E-state index in [-0.39, 0.29) is 11.9 Å². The molecule has 18 heavy (non-hydrogen) atoms. The summed E-state index contributed by atoms with van der Waals surface area (Å²) < 4.78 is 5.05. The van der Waals surface area contributed by atoms with Gasteiger partial charge in [0.25, 0.3) is 0 Å². The summed E-state index contributed by atoms with van der Waals surface area (Å²) in [5.41, 5.74) is 0. The van der Waals surface area contributed by atoms with Crippen molar-refractivity contribution in [3.63, 3.8) is 0 Å². The van der Waals surface area contributed by atoms with Crippen LogP contribution in [0, 0.1) is 5.92 Å². The molecule has 1 rings (SSSR count). The molecule has 1 saturated carbocycles. The van der Waals surface area contributed by atoms with Gasteiger partial charge in [0.2, 0.25) is 0 Å². The number of esters is 1. The van der Waals surface area contributed by atoms with Crippen LogP contribution in [0.5, 0.6) is 0 Å². The Kier molecular flexibility index (Phi) is 6.65. The Morgan fingerprint density at radius 3 is 2.50 bits per heavy atom. The molecule has 1 fully saturated rings. The molecule has 1 atom stereocenters. The zero-order chi connectivity index (χ0) is 13.5. The fraction of sp³-hybridized carbons (Fsp3) is 0.929. The van der Waals surface area contributed by atoms with Crippen molar-refractivity contribution in [1.82, 2.24) is 10.2 Å². The fourth-order valence-electron chi connectivity index (χ4n) is 2.75. The second-order valence-corrected chi connectivity index (χ2v) is 5.39. The van der Waals surface area contributed by atoms with E-state index in [1.54, 1.807) is 0 Å². The van der Waals surface area contributed by atoms with Crippen LogP contribution in [0.1, 0.15) is 39.5 Å². The minimum Gasteiger partial charge on any atom is -0.466 e. The number of nitrogens with zero attached hydrogens (tertiary/aromatic N) is 1. The van der Waals surface area contributed by atoms with Gasteiger partial charge in [-0.25, -0.2) is 0 Å². The topological polar surface area (TPSA) is 41.6 Å². The van der Waals surface area contributed by atoms with E-state index in [0.717, 1.165) is 6.54 Å². The van der Waals surface area contributed by atoms with E-state index in [4.69, 9.17) is 4.74 Å². The number of hydrogen-bond donors (Lipinski definition) is 1. The summed E-state index contributed by atoms with van der Waals surface area (Å²) in [4.78, 5) is 13.9. The highest BCUT2D eigenvalue weighted by atomic mass is 16.5. The minimum atomic E-state index is -0.0757. The highest BCUT2D eigenvalue weighted by Gasteiger charge is 2.25. The molecule has 1 aliphatic carbocycles. The maximum Gasteiger partial charge on any atom is 0.309 e. The number of ether oxygens (including phenoxy) is 1. The van der Waals surface area contributed by atoms with Crippen LogP contribution in [0.4, 0.5) is 0 Å².